The van der Waals surface area contributed by atoms with Crippen molar-refractivity contribution in [3.05, 3.63) is 65.5 Å². The largest absolute Gasteiger partial charge is 0.380 e. The summed E-state index contributed by atoms with van der Waals surface area (Å²) in [4.78, 5) is 4.65. The Balaban J connectivity index is 2.14. The van der Waals surface area contributed by atoms with Crippen LogP contribution in [0.15, 0.2) is 48.5 Å². The van der Waals surface area contributed by atoms with Crippen LogP contribution >= 0.6 is 0 Å². The molecular weight excluding hydrogens is 260 g/mol. The molecule has 0 amide bonds. The zero-order valence-corrected chi connectivity index (χ0v) is 12.6. The fourth-order valence-electron chi connectivity index (χ4n) is 2.70. The number of aryl methyl sites for hydroxylation is 1. The Hall–Kier alpha value is -2.13. The number of aliphatic hydroxyl groups excluding tert-OH is 1. The lowest BCUT2D eigenvalue weighted by Crippen LogP contribution is -2.12. The maximum atomic E-state index is 10.7. The van der Waals surface area contributed by atoms with E-state index in [0.29, 0.717) is 5.82 Å². The van der Waals surface area contributed by atoms with Gasteiger partial charge in [0.1, 0.15) is 11.9 Å². The Kier molecular flexibility index (Phi) is 3.52. The fraction of sp³-hybridized carbons (Fsp3) is 0.278. The number of benzene rings is 2. The third-order valence-electron chi connectivity index (χ3n) is 3.78. The Bertz CT molecular complexity index is 756. The third kappa shape index (κ3) is 2.45. The summed E-state index contributed by atoms with van der Waals surface area (Å²) < 4.78 is 2.11. The molecule has 3 nitrogen and oxygen atoms in total. The topological polar surface area (TPSA) is 38.1 Å². The Morgan fingerprint density at radius 3 is 2.33 bits per heavy atom. The van der Waals surface area contributed by atoms with Crippen LogP contribution in [0.2, 0.25) is 0 Å². The standard InChI is InChI=1S/C18H20N2O/c1-12(2)20-16-7-5-4-6-15(16)19-18(20)17(21)14-10-8-13(3)9-11-14/h4-12,17,21H,1-3H3/t17-/m1/s1. The molecule has 3 rings (SSSR count). The summed E-state index contributed by atoms with van der Waals surface area (Å²) in [5.41, 5.74) is 4.04. The van der Waals surface area contributed by atoms with E-state index in [-0.39, 0.29) is 6.04 Å². The maximum absolute atomic E-state index is 10.7. The summed E-state index contributed by atoms with van der Waals surface area (Å²) in [7, 11) is 0. The summed E-state index contributed by atoms with van der Waals surface area (Å²) in [6.07, 6.45) is -0.708. The van der Waals surface area contributed by atoms with Crippen molar-refractivity contribution in [3.8, 4) is 0 Å². The van der Waals surface area contributed by atoms with Crippen molar-refractivity contribution in [1.82, 2.24) is 9.55 Å². The van der Waals surface area contributed by atoms with Crippen molar-refractivity contribution in [2.75, 3.05) is 0 Å². The number of fused-ring (bicyclic) bond motifs is 1. The van der Waals surface area contributed by atoms with Gasteiger partial charge in [0, 0.05) is 6.04 Å². The van der Waals surface area contributed by atoms with Gasteiger partial charge >= 0.3 is 0 Å². The quantitative estimate of drug-likeness (QED) is 0.787. The van der Waals surface area contributed by atoms with Gasteiger partial charge in [0.05, 0.1) is 11.0 Å². The highest BCUT2D eigenvalue weighted by atomic mass is 16.3. The molecule has 1 aromatic heterocycles. The molecule has 0 unspecified atom stereocenters. The van der Waals surface area contributed by atoms with Crippen LogP contribution in [0.4, 0.5) is 0 Å². The van der Waals surface area contributed by atoms with E-state index in [1.54, 1.807) is 0 Å². The molecule has 1 N–H and O–H groups in total. The molecule has 3 heteroatoms. The van der Waals surface area contributed by atoms with E-state index in [0.717, 1.165) is 16.6 Å². The van der Waals surface area contributed by atoms with Gasteiger partial charge in [-0.2, -0.15) is 0 Å². The lowest BCUT2D eigenvalue weighted by Gasteiger charge is -2.17. The summed E-state index contributed by atoms with van der Waals surface area (Å²) in [5, 5.41) is 10.7. The van der Waals surface area contributed by atoms with Crippen LogP contribution in [0.1, 0.15) is 42.9 Å². The van der Waals surface area contributed by atoms with Crippen LogP contribution in [0, 0.1) is 6.92 Å². The third-order valence-corrected chi connectivity index (χ3v) is 3.78. The first kappa shape index (κ1) is 13.8. The molecule has 0 aliphatic carbocycles. The monoisotopic (exact) mass is 280 g/mol. The lowest BCUT2D eigenvalue weighted by molar-refractivity contribution is 0.203. The number of rotatable bonds is 3. The molecule has 108 valence electrons. The molecule has 0 radical (unpaired) electrons. The average Bonchev–Trinajstić information content (AvgIpc) is 2.86. The van der Waals surface area contributed by atoms with Crippen molar-refractivity contribution in [2.24, 2.45) is 0 Å². The van der Waals surface area contributed by atoms with Crippen molar-refractivity contribution in [1.29, 1.82) is 0 Å². The van der Waals surface area contributed by atoms with Gasteiger partial charge in [0.15, 0.2) is 0 Å². The number of hydrogen-bond acceptors (Lipinski definition) is 2. The van der Waals surface area contributed by atoms with Crippen molar-refractivity contribution < 1.29 is 5.11 Å². The molecule has 0 saturated carbocycles. The van der Waals surface area contributed by atoms with E-state index >= 15 is 0 Å². The summed E-state index contributed by atoms with van der Waals surface area (Å²) in [5.74, 6) is 0.704. The van der Waals surface area contributed by atoms with E-state index in [9.17, 15) is 5.11 Å². The maximum Gasteiger partial charge on any atom is 0.143 e. The molecule has 0 spiro atoms. The van der Waals surface area contributed by atoms with Crippen LogP contribution in [0.3, 0.4) is 0 Å². The number of imidazole rings is 1. The highest BCUT2D eigenvalue weighted by Crippen LogP contribution is 2.28. The smallest absolute Gasteiger partial charge is 0.143 e. The normalized spacial score (nSPS) is 13.0. The minimum atomic E-state index is -0.708. The first-order valence-corrected chi connectivity index (χ1v) is 7.29. The molecule has 21 heavy (non-hydrogen) atoms. The number of aliphatic hydroxyl groups is 1. The SMILES string of the molecule is Cc1ccc([C@@H](O)c2nc3ccccc3n2C(C)C)cc1. The van der Waals surface area contributed by atoms with Crippen LogP contribution < -0.4 is 0 Å². The van der Waals surface area contributed by atoms with Crippen LogP contribution in [0.5, 0.6) is 0 Å². The second kappa shape index (κ2) is 5.34. The van der Waals surface area contributed by atoms with Crippen LogP contribution in [-0.2, 0) is 0 Å². The second-order valence-corrected chi connectivity index (χ2v) is 5.74. The zero-order chi connectivity index (χ0) is 15.0. The van der Waals surface area contributed by atoms with Gasteiger partial charge in [0.25, 0.3) is 0 Å². The number of nitrogens with zero attached hydrogens (tertiary/aromatic N) is 2. The van der Waals surface area contributed by atoms with Gasteiger partial charge in [-0.15, -0.1) is 0 Å². The predicted molar refractivity (Wildman–Crippen MR) is 85.4 cm³/mol. The average molecular weight is 280 g/mol. The highest BCUT2D eigenvalue weighted by Gasteiger charge is 2.20. The highest BCUT2D eigenvalue weighted by molar-refractivity contribution is 5.76. The van der Waals surface area contributed by atoms with Crippen molar-refractivity contribution in [3.63, 3.8) is 0 Å². The molecule has 0 fully saturated rings. The van der Waals surface area contributed by atoms with E-state index in [1.165, 1.54) is 5.56 Å². The molecule has 3 aromatic rings. The summed E-state index contributed by atoms with van der Waals surface area (Å²) in [6, 6.07) is 16.2. The van der Waals surface area contributed by atoms with Gasteiger partial charge in [-0.1, -0.05) is 42.0 Å². The summed E-state index contributed by atoms with van der Waals surface area (Å²) >= 11 is 0. The molecule has 1 atom stereocenters. The first-order chi connectivity index (χ1) is 10.1. The number of hydrogen-bond donors (Lipinski definition) is 1. The number of para-hydroxylation sites is 2. The van der Waals surface area contributed by atoms with E-state index < -0.39 is 6.10 Å². The van der Waals surface area contributed by atoms with Crippen molar-refractivity contribution in [2.45, 2.75) is 32.9 Å². The van der Waals surface area contributed by atoms with Gasteiger partial charge in [0.2, 0.25) is 0 Å². The van der Waals surface area contributed by atoms with Gasteiger partial charge in [-0.25, -0.2) is 4.98 Å². The van der Waals surface area contributed by atoms with Gasteiger partial charge in [-0.05, 0) is 38.5 Å². The Morgan fingerprint density at radius 2 is 1.67 bits per heavy atom. The van der Waals surface area contributed by atoms with Crippen LogP contribution in [-0.4, -0.2) is 14.7 Å². The predicted octanol–water partition coefficient (Wildman–Crippen LogP) is 4.01. The molecule has 0 saturated heterocycles. The molecule has 1 heterocycles. The zero-order valence-electron chi connectivity index (χ0n) is 12.6. The molecule has 0 aliphatic rings. The van der Waals surface area contributed by atoms with E-state index in [1.807, 2.05) is 55.5 Å². The van der Waals surface area contributed by atoms with Crippen molar-refractivity contribution >= 4 is 11.0 Å². The molecular formula is C18H20N2O. The molecule has 2 aromatic carbocycles. The van der Waals surface area contributed by atoms with Gasteiger partial charge in [-0.3, -0.25) is 0 Å². The number of aromatic nitrogens is 2. The first-order valence-electron chi connectivity index (χ1n) is 7.29. The summed E-state index contributed by atoms with van der Waals surface area (Å²) in [6.45, 7) is 6.26. The minimum Gasteiger partial charge on any atom is -0.380 e. The van der Waals surface area contributed by atoms with E-state index in [4.69, 9.17) is 0 Å². The van der Waals surface area contributed by atoms with Crippen LogP contribution in [0.25, 0.3) is 11.0 Å². The van der Waals surface area contributed by atoms with Gasteiger partial charge < -0.3 is 9.67 Å². The molecule has 0 bridgehead atoms. The second-order valence-electron chi connectivity index (χ2n) is 5.74. The van der Waals surface area contributed by atoms with E-state index in [2.05, 4.69) is 23.4 Å². The Morgan fingerprint density at radius 1 is 1.00 bits per heavy atom. The molecule has 0 aliphatic heterocycles. The Labute approximate surface area is 124 Å². The fourth-order valence-corrected chi connectivity index (χ4v) is 2.70. The minimum absolute atomic E-state index is 0.243. The lowest BCUT2D eigenvalue weighted by atomic mass is 10.1.